The molecule has 0 radical (unpaired) electrons. The molecule has 1 N–H and O–H groups in total. The van der Waals surface area contributed by atoms with E-state index in [0.717, 1.165) is 42.8 Å². The van der Waals surface area contributed by atoms with E-state index in [-0.39, 0.29) is 5.91 Å². The second-order valence-electron chi connectivity index (χ2n) is 5.74. The van der Waals surface area contributed by atoms with Gasteiger partial charge in [0, 0.05) is 49.2 Å². The lowest BCUT2D eigenvalue weighted by molar-refractivity contribution is 0.0974. The quantitative estimate of drug-likeness (QED) is 0.813. The highest BCUT2D eigenvalue weighted by Gasteiger charge is 2.22. The van der Waals surface area contributed by atoms with Crippen LogP contribution in [0.3, 0.4) is 0 Å². The number of halogens is 1. The lowest BCUT2D eigenvalue weighted by Gasteiger charge is -2.35. The number of piperazine rings is 1. The summed E-state index contributed by atoms with van der Waals surface area (Å²) >= 11 is 13.1. The number of hydrogen-bond acceptors (Lipinski definition) is 5. The van der Waals surface area contributed by atoms with Gasteiger partial charge in [0.1, 0.15) is 4.88 Å². The maximum atomic E-state index is 12.5. The SMILES string of the molecule is N#CCCN1CCN(C(=S)NC(=O)c2sc3ccccc3c2Cl)CC1. The molecule has 1 aliphatic rings. The largest absolute Gasteiger partial charge is 0.346 e. The Morgan fingerprint density at radius 1 is 1.32 bits per heavy atom. The number of carbonyl (C=O) groups excluding carboxylic acids is 1. The Balaban J connectivity index is 1.60. The molecule has 2 heterocycles. The first kappa shape index (κ1) is 18.1. The van der Waals surface area contributed by atoms with Crippen molar-refractivity contribution in [3.05, 3.63) is 34.2 Å². The molecule has 5 nitrogen and oxygen atoms in total. The number of nitrogens with zero attached hydrogens (tertiary/aromatic N) is 3. The van der Waals surface area contributed by atoms with Gasteiger partial charge in [-0.3, -0.25) is 15.0 Å². The predicted molar refractivity (Wildman–Crippen MR) is 105 cm³/mol. The van der Waals surface area contributed by atoms with Crippen molar-refractivity contribution in [3.8, 4) is 6.07 Å². The first-order valence-electron chi connectivity index (χ1n) is 7.96. The van der Waals surface area contributed by atoms with E-state index in [9.17, 15) is 4.79 Å². The monoisotopic (exact) mass is 392 g/mol. The van der Waals surface area contributed by atoms with E-state index in [1.54, 1.807) is 0 Å². The van der Waals surface area contributed by atoms with Crippen molar-refractivity contribution in [1.82, 2.24) is 15.1 Å². The Morgan fingerprint density at radius 2 is 2.04 bits per heavy atom. The normalized spacial score (nSPS) is 15.1. The van der Waals surface area contributed by atoms with Crippen molar-refractivity contribution < 1.29 is 4.79 Å². The van der Waals surface area contributed by atoms with Gasteiger partial charge in [0.15, 0.2) is 5.11 Å². The fourth-order valence-electron chi connectivity index (χ4n) is 2.78. The molecule has 130 valence electrons. The molecular weight excluding hydrogens is 376 g/mol. The summed E-state index contributed by atoms with van der Waals surface area (Å²) in [7, 11) is 0. The first-order chi connectivity index (χ1) is 12.1. The second kappa shape index (κ2) is 8.11. The zero-order chi connectivity index (χ0) is 17.8. The summed E-state index contributed by atoms with van der Waals surface area (Å²) < 4.78 is 0.981. The van der Waals surface area contributed by atoms with Crippen LogP contribution >= 0.6 is 35.2 Å². The van der Waals surface area contributed by atoms with Gasteiger partial charge in [-0.2, -0.15) is 5.26 Å². The zero-order valence-electron chi connectivity index (χ0n) is 13.5. The Hall–Kier alpha value is -1.72. The van der Waals surface area contributed by atoms with Crippen molar-refractivity contribution in [1.29, 1.82) is 5.26 Å². The Labute approximate surface area is 160 Å². The molecule has 0 saturated carbocycles. The highest BCUT2D eigenvalue weighted by molar-refractivity contribution is 7.80. The maximum Gasteiger partial charge on any atom is 0.269 e. The van der Waals surface area contributed by atoms with E-state index in [1.807, 2.05) is 29.2 Å². The zero-order valence-corrected chi connectivity index (χ0v) is 15.9. The van der Waals surface area contributed by atoms with Gasteiger partial charge in [-0.1, -0.05) is 29.8 Å². The first-order valence-corrected chi connectivity index (χ1v) is 9.57. The maximum absolute atomic E-state index is 12.5. The molecule has 1 fully saturated rings. The predicted octanol–water partition coefficient (Wildman–Crippen LogP) is 3.10. The molecular formula is C17H17ClN4OS2. The third-order valence-corrected chi connectivity index (χ3v) is 6.20. The van der Waals surface area contributed by atoms with Crippen molar-refractivity contribution in [2.75, 3.05) is 32.7 Å². The third kappa shape index (κ3) is 4.10. The topological polar surface area (TPSA) is 59.4 Å². The van der Waals surface area contributed by atoms with Gasteiger partial charge < -0.3 is 4.90 Å². The van der Waals surface area contributed by atoms with Gasteiger partial charge in [-0.15, -0.1) is 11.3 Å². The summed E-state index contributed by atoms with van der Waals surface area (Å²) in [5.74, 6) is -0.261. The van der Waals surface area contributed by atoms with Crippen LogP contribution in [0.15, 0.2) is 24.3 Å². The van der Waals surface area contributed by atoms with Crippen molar-refractivity contribution >= 4 is 56.3 Å². The van der Waals surface area contributed by atoms with E-state index >= 15 is 0 Å². The van der Waals surface area contributed by atoms with Crippen LogP contribution in [0.4, 0.5) is 0 Å². The number of nitriles is 1. The molecule has 25 heavy (non-hydrogen) atoms. The Bertz CT molecular complexity index is 837. The number of nitrogens with one attached hydrogen (secondary N) is 1. The Kier molecular flexibility index (Phi) is 5.86. The van der Waals surface area contributed by atoms with Crippen molar-refractivity contribution in [2.45, 2.75) is 6.42 Å². The molecule has 0 bridgehead atoms. The number of thiocarbonyl (C=S) groups is 1. The summed E-state index contributed by atoms with van der Waals surface area (Å²) in [6, 6.07) is 9.84. The van der Waals surface area contributed by atoms with Crippen LogP contribution in [-0.2, 0) is 0 Å². The molecule has 0 spiro atoms. The van der Waals surface area contributed by atoms with Crippen LogP contribution in [0.2, 0.25) is 5.02 Å². The lowest BCUT2D eigenvalue weighted by atomic mass is 10.2. The van der Waals surface area contributed by atoms with Gasteiger partial charge in [-0.05, 0) is 18.3 Å². The van der Waals surface area contributed by atoms with Crippen LogP contribution in [0.1, 0.15) is 16.1 Å². The molecule has 2 aromatic rings. The van der Waals surface area contributed by atoms with E-state index in [2.05, 4.69) is 16.3 Å². The summed E-state index contributed by atoms with van der Waals surface area (Å²) in [6.07, 6.45) is 0.533. The van der Waals surface area contributed by atoms with E-state index in [1.165, 1.54) is 11.3 Å². The minimum Gasteiger partial charge on any atom is -0.346 e. The smallest absolute Gasteiger partial charge is 0.269 e. The molecule has 8 heteroatoms. The highest BCUT2D eigenvalue weighted by Crippen LogP contribution is 2.34. The van der Waals surface area contributed by atoms with Gasteiger partial charge in [0.05, 0.1) is 11.1 Å². The van der Waals surface area contributed by atoms with E-state index in [4.69, 9.17) is 29.1 Å². The summed E-state index contributed by atoms with van der Waals surface area (Å²) in [5.41, 5.74) is 0. The Morgan fingerprint density at radius 3 is 2.72 bits per heavy atom. The molecule has 1 aromatic carbocycles. The number of hydrogen-bond donors (Lipinski definition) is 1. The number of rotatable bonds is 3. The summed E-state index contributed by atoms with van der Waals surface area (Å²) in [4.78, 5) is 17.2. The molecule has 0 aliphatic carbocycles. The van der Waals surface area contributed by atoms with Crippen LogP contribution < -0.4 is 5.32 Å². The van der Waals surface area contributed by atoms with Crippen molar-refractivity contribution in [2.24, 2.45) is 0 Å². The number of benzene rings is 1. The average molecular weight is 393 g/mol. The summed E-state index contributed by atoms with van der Waals surface area (Å²) in [5, 5.41) is 13.2. The number of thiophene rings is 1. The standard InChI is InChI=1S/C17H17ClN4OS2/c18-14-12-4-1-2-5-13(12)25-15(14)16(23)20-17(24)22-10-8-21(9-11-22)7-3-6-19/h1-2,4-5H,3,7-11H2,(H,20,23,24). The van der Waals surface area contributed by atoms with Gasteiger partial charge >= 0.3 is 0 Å². The minimum atomic E-state index is -0.261. The number of amides is 1. The van der Waals surface area contributed by atoms with Crippen LogP contribution in [0, 0.1) is 11.3 Å². The molecule has 0 unspecified atom stereocenters. The van der Waals surface area contributed by atoms with Crippen LogP contribution in [0.25, 0.3) is 10.1 Å². The third-order valence-electron chi connectivity index (χ3n) is 4.16. The molecule has 1 aliphatic heterocycles. The van der Waals surface area contributed by atoms with Crippen molar-refractivity contribution in [3.63, 3.8) is 0 Å². The molecule has 1 amide bonds. The molecule has 3 rings (SSSR count). The second-order valence-corrected chi connectivity index (χ2v) is 7.55. The summed E-state index contributed by atoms with van der Waals surface area (Å²) in [6.45, 7) is 3.93. The van der Waals surface area contributed by atoms with Gasteiger partial charge in [-0.25, -0.2) is 0 Å². The van der Waals surface area contributed by atoms with Crippen LogP contribution in [-0.4, -0.2) is 53.5 Å². The highest BCUT2D eigenvalue weighted by atomic mass is 35.5. The van der Waals surface area contributed by atoms with Gasteiger partial charge in [0.25, 0.3) is 5.91 Å². The average Bonchev–Trinajstić information content (AvgIpc) is 2.97. The fourth-order valence-corrected chi connectivity index (χ4v) is 4.46. The van der Waals surface area contributed by atoms with Crippen LogP contribution in [0.5, 0.6) is 0 Å². The number of carbonyl (C=O) groups is 1. The van der Waals surface area contributed by atoms with Gasteiger partial charge in [0.2, 0.25) is 0 Å². The van der Waals surface area contributed by atoms with E-state index in [0.29, 0.717) is 21.4 Å². The number of fused-ring (bicyclic) bond motifs is 1. The minimum absolute atomic E-state index is 0.261. The lowest BCUT2D eigenvalue weighted by Crippen LogP contribution is -2.52. The molecule has 1 saturated heterocycles. The molecule has 1 aromatic heterocycles. The van der Waals surface area contributed by atoms with E-state index < -0.39 is 0 Å². The fraction of sp³-hybridized carbons (Fsp3) is 0.353. The molecule has 0 atom stereocenters.